The fourth-order valence-electron chi connectivity index (χ4n) is 5.15. The molecular formula is C30H36N6O6S. The van der Waals surface area contributed by atoms with Crippen LogP contribution in [0, 0.1) is 11.3 Å². The molecule has 1 aliphatic rings. The Hall–Kier alpha value is -4.33. The number of hydrogen-bond acceptors (Lipinski definition) is 7. The second-order valence-corrected chi connectivity index (χ2v) is 12.4. The van der Waals surface area contributed by atoms with Gasteiger partial charge in [0, 0.05) is 26.2 Å². The molecule has 0 radical (unpaired) electrons. The van der Waals surface area contributed by atoms with E-state index in [-0.39, 0.29) is 29.9 Å². The van der Waals surface area contributed by atoms with E-state index in [9.17, 15) is 27.9 Å². The van der Waals surface area contributed by atoms with Crippen LogP contribution in [0.15, 0.2) is 77.7 Å². The SMILES string of the molecule is CC(NS(=O)(=O)c1ccc2ccccc2c1)C(=O)C(NCc1ccccc1)(C(=O)O)C(=O)NCC1CCN(C(=N)N)CC1. The molecule has 1 aliphatic heterocycles. The van der Waals surface area contributed by atoms with Gasteiger partial charge in [-0.15, -0.1) is 0 Å². The van der Waals surface area contributed by atoms with Crippen LogP contribution in [0.1, 0.15) is 25.3 Å². The van der Waals surface area contributed by atoms with Gasteiger partial charge in [0.1, 0.15) is 0 Å². The number of aliphatic carboxylic acids is 1. The Labute approximate surface area is 250 Å². The van der Waals surface area contributed by atoms with Crippen LogP contribution >= 0.6 is 0 Å². The number of fused-ring (bicyclic) bond motifs is 1. The average Bonchev–Trinajstić information content (AvgIpc) is 3.00. The summed E-state index contributed by atoms with van der Waals surface area (Å²) in [5.41, 5.74) is 3.38. The largest absolute Gasteiger partial charge is 0.479 e. The van der Waals surface area contributed by atoms with Crippen LogP contribution in [0.3, 0.4) is 0 Å². The summed E-state index contributed by atoms with van der Waals surface area (Å²) in [4.78, 5) is 42.0. The molecule has 7 N–H and O–H groups in total. The van der Waals surface area contributed by atoms with Gasteiger partial charge in [0.2, 0.25) is 10.0 Å². The van der Waals surface area contributed by atoms with Crippen molar-refractivity contribution in [2.45, 2.75) is 42.8 Å². The molecule has 13 heteroatoms. The highest BCUT2D eigenvalue weighted by molar-refractivity contribution is 7.89. The number of carboxylic acid groups (broad SMARTS) is 1. The van der Waals surface area contributed by atoms with Gasteiger partial charge in [-0.1, -0.05) is 60.7 Å². The lowest BCUT2D eigenvalue weighted by Gasteiger charge is -2.34. The number of piperidine rings is 1. The number of nitrogens with zero attached hydrogens (tertiary/aromatic N) is 1. The molecule has 1 heterocycles. The quantitative estimate of drug-likeness (QED) is 0.100. The van der Waals surface area contributed by atoms with Crippen molar-refractivity contribution < 1.29 is 27.9 Å². The van der Waals surface area contributed by atoms with E-state index in [0.717, 1.165) is 5.39 Å². The molecule has 12 nitrogen and oxygen atoms in total. The maximum atomic E-state index is 13.9. The van der Waals surface area contributed by atoms with E-state index >= 15 is 0 Å². The van der Waals surface area contributed by atoms with E-state index in [0.29, 0.717) is 36.9 Å². The summed E-state index contributed by atoms with van der Waals surface area (Å²) >= 11 is 0. The highest BCUT2D eigenvalue weighted by Crippen LogP contribution is 2.21. The van der Waals surface area contributed by atoms with E-state index < -0.39 is 39.3 Å². The van der Waals surface area contributed by atoms with Crippen molar-refractivity contribution >= 4 is 44.4 Å². The Bertz CT molecular complexity index is 1610. The first-order valence-electron chi connectivity index (χ1n) is 13.9. The third-order valence-corrected chi connectivity index (χ3v) is 9.23. The van der Waals surface area contributed by atoms with Gasteiger partial charge in [0.15, 0.2) is 11.7 Å². The third-order valence-electron chi connectivity index (χ3n) is 7.69. The molecular weight excluding hydrogens is 572 g/mol. The van der Waals surface area contributed by atoms with Gasteiger partial charge in [-0.25, -0.2) is 17.9 Å². The van der Waals surface area contributed by atoms with Crippen LogP contribution < -0.4 is 21.1 Å². The number of likely N-dealkylation sites (tertiary alicyclic amines) is 1. The molecule has 0 saturated carbocycles. The Kier molecular flexibility index (Phi) is 9.79. The first-order chi connectivity index (χ1) is 20.4. The molecule has 1 saturated heterocycles. The summed E-state index contributed by atoms with van der Waals surface area (Å²) in [6.45, 7) is 2.19. The summed E-state index contributed by atoms with van der Waals surface area (Å²) in [5.74, 6) is -4.08. The minimum atomic E-state index is -4.27. The lowest BCUT2D eigenvalue weighted by molar-refractivity contribution is -0.156. The van der Waals surface area contributed by atoms with Crippen LogP contribution in [-0.2, 0) is 31.0 Å². The maximum absolute atomic E-state index is 13.9. The Morgan fingerprint density at radius 2 is 1.65 bits per heavy atom. The number of guanidine groups is 1. The van der Waals surface area contributed by atoms with Gasteiger partial charge >= 0.3 is 5.97 Å². The molecule has 0 aliphatic carbocycles. The monoisotopic (exact) mass is 608 g/mol. The van der Waals surface area contributed by atoms with Gasteiger partial charge in [0.05, 0.1) is 10.9 Å². The third kappa shape index (κ3) is 7.19. The van der Waals surface area contributed by atoms with Crippen LogP contribution in [0.4, 0.5) is 0 Å². The topological polar surface area (TPSA) is 195 Å². The van der Waals surface area contributed by atoms with Crippen molar-refractivity contribution in [2.24, 2.45) is 11.7 Å². The number of Topliss-reactive ketones (excluding diaryl/α,β-unsaturated/α-hetero) is 1. The number of hydrogen-bond donors (Lipinski definition) is 6. The molecule has 1 fully saturated rings. The second-order valence-electron chi connectivity index (χ2n) is 10.6. The average molecular weight is 609 g/mol. The molecule has 2 atom stereocenters. The lowest BCUT2D eigenvalue weighted by Crippen LogP contribution is -2.70. The minimum Gasteiger partial charge on any atom is -0.479 e. The zero-order chi connectivity index (χ0) is 31.2. The number of carboxylic acids is 1. The van der Waals surface area contributed by atoms with Crippen LogP contribution in [0.25, 0.3) is 10.8 Å². The fourth-order valence-corrected chi connectivity index (χ4v) is 6.39. The van der Waals surface area contributed by atoms with Gasteiger partial charge < -0.3 is 21.1 Å². The highest BCUT2D eigenvalue weighted by Gasteiger charge is 2.55. The van der Waals surface area contributed by atoms with Crippen molar-refractivity contribution in [3.8, 4) is 0 Å². The van der Waals surface area contributed by atoms with Crippen LogP contribution in [0.2, 0.25) is 0 Å². The Morgan fingerprint density at radius 1 is 1.02 bits per heavy atom. The van der Waals surface area contributed by atoms with E-state index in [4.69, 9.17) is 11.1 Å². The molecule has 3 aromatic carbocycles. The molecule has 2 unspecified atom stereocenters. The van der Waals surface area contributed by atoms with Gasteiger partial charge in [-0.3, -0.25) is 20.3 Å². The van der Waals surface area contributed by atoms with Crippen molar-refractivity contribution in [3.63, 3.8) is 0 Å². The number of ketones is 1. The number of amides is 1. The number of carbonyl (C=O) groups excluding carboxylic acids is 2. The molecule has 228 valence electrons. The standard InChI is InChI=1S/C30H36N6O6S/c1-20(35-43(41,42)25-12-11-23-9-5-6-10-24(23)17-25)26(37)30(28(39)40,34-19-21-7-3-2-4-8-21)27(38)33-18-22-13-15-36(16-14-22)29(31)32/h2-12,17,20,22,34-35H,13-16,18-19H2,1H3,(H3,31,32)(H,33,38)(H,39,40). The zero-order valence-corrected chi connectivity index (χ0v) is 24.6. The van der Waals surface area contributed by atoms with Crippen molar-refractivity contribution in [3.05, 3.63) is 78.4 Å². The summed E-state index contributed by atoms with van der Waals surface area (Å²) < 4.78 is 28.8. The molecule has 0 bridgehead atoms. The molecule has 3 aromatic rings. The molecule has 0 spiro atoms. The Morgan fingerprint density at radius 3 is 2.28 bits per heavy atom. The maximum Gasteiger partial charge on any atom is 0.341 e. The van der Waals surface area contributed by atoms with E-state index in [2.05, 4.69) is 15.4 Å². The van der Waals surface area contributed by atoms with Crippen molar-refractivity contribution in [2.75, 3.05) is 19.6 Å². The number of nitrogens with two attached hydrogens (primary N) is 1. The minimum absolute atomic E-state index is 0.0286. The first-order valence-corrected chi connectivity index (χ1v) is 15.4. The van der Waals surface area contributed by atoms with Crippen LogP contribution in [-0.4, -0.2) is 73.3 Å². The summed E-state index contributed by atoms with van der Waals surface area (Å²) in [6.07, 6.45) is 1.21. The van der Waals surface area contributed by atoms with Gasteiger partial charge in [-0.2, -0.15) is 0 Å². The van der Waals surface area contributed by atoms with E-state index in [1.165, 1.54) is 19.1 Å². The van der Waals surface area contributed by atoms with Crippen molar-refractivity contribution in [1.82, 2.24) is 20.3 Å². The lowest BCUT2D eigenvalue weighted by atomic mass is 9.87. The number of carbonyl (C=O) groups is 3. The predicted molar refractivity (Wildman–Crippen MR) is 162 cm³/mol. The molecule has 43 heavy (non-hydrogen) atoms. The number of sulfonamides is 1. The first kappa shape index (κ1) is 31.6. The van der Waals surface area contributed by atoms with E-state index in [1.807, 2.05) is 12.1 Å². The summed E-state index contributed by atoms with van der Waals surface area (Å²) in [7, 11) is -4.27. The van der Waals surface area contributed by atoms with Gasteiger partial charge in [-0.05, 0) is 54.2 Å². The van der Waals surface area contributed by atoms with Gasteiger partial charge in [0.25, 0.3) is 11.4 Å². The molecule has 0 aromatic heterocycles. The number of nitrogens with one attached hydrogen (secondary N) is 4. The fraction of sp³-hybridized carbons (Fsp3) is 0.333. The van der Waals surface area contributed by atoms with Crippen molar-refractivity contribution in [1.29, 1.82) is 5.41 Å². The normalized spacial score (nSPS) is 16.3. The summed E-state index contributed by atoms with van der Waals surface area (Å²) in [5, 5.41) is 24.7. The van der Waals surface area contributed by atoms with Crippen LogP contribution in [0.5, 0.6) is 0 Å². The smallest absolute Gasteiger partial charge is 0.341 e. The molecule has 1 amide bonds. The predicted octanol–water partition coefficient (Wildman–Crippen LogP) is 1.41. The summed E-state index contributed by atoms with van der Waals surface area (Å²) in [6, 6.07) is 18.7. The number of rotatable bonds is 12. The molecule has 4 rings (SSSR count). The Balaban J connectivity index is 1.57. The zero-order valence-electron chi connectivity index (χ0n) is 23.7. The number of benzene rings is 3. The highest BCUT2D eigenvalue weighted by atomic mass is 32.2. The van der Waals surface area contributed by atoms with E-state index in [1.54, 1.807) is 53.4 Å². The second kappa shape index (κ2) is 13.3.